The van der Waals surface area contributed by atoms with Gasteiger partial charge in [0.05, 0.1) is 31.5 Å². The normalized spacial score (nSPS) is 14.3. The molecule has 0 aliphatic heterocycles. The van der Waals surface area contributed by atoms with Gasteiger partial charge in [0.25, 0.3) is 0 Å². The van der Waals surface area contributed by atoms with Gasteiger partial charge in [-0.15, -0.1) is 0 Å². The van der Waals surface area contributed by atoms with Gasteiger partial charge in [0.1, 0.15) is 29.5 Å². The van der Waals surface area contributed by atoms with Crippen molar-refractivity contribution in [2.24, 2.45) is 0 Å². The number of aromatic nitrogens is 4. The fourth-order valence-electron chi connectivity index (χ4n) is 4.60. The third-order valence-electron chi connectivity index (χ3n) is 6.73. The zero-order chi connectivity index (χ0) is 26.0. The summed E-state index contributed by atoms with van der Waals surface area (Å²) in [4.78, 5) is 12.4. The molecule has 0 amide bonds. The van der Waals surface area contributed by atoms with Crippen LogP contribution in [0.4, 0.5) is 4.39 Å². The molecule has 0 bridgehead atoms. The maximum absolute atomic E-state index is 13.5. The quantitative estimate of drug-likeness (QED) is 0.329. The molecule has 1 aliphatic carbocycles. The molecule has 1 fully saturated rings. The smallest absolute Gasteiger partial charge is 0.173 e. The van der Waals surface area contributed by atoms with Crippen LogP contribution in [0, 0.1) is 11.2 Å². The van der Waals surface area contributed by atoms with E-state index in [2.05, 4.69) is 9.97 Å². The summed E-state index contributed by atoms with van der Waals surface area (Å²) >= 11 is 0. The lowest BCUT2D eigenvalue weighted by molar-refractivity contribution is 0.200. The van der Waals surface area contributed by atoms with E-state index in [0.717, 1.165) is 24.2 Å². The Bertz CT molecular complexity index is 1460. The largest absolute Gasteiger partial charge is 0.493 e. The number of hydrogen-bond acceptors (Lipinski definition) is 6. The van der Waals surface area contributed by atoms with Crippen molar-refractivity contribution in [1.82, 2.24) is 19.5 Å². The summed E-state index contributed by atoms with van der Waals surface area (Å²) in [7, 11) is 1.65. The van der Waals surface area contributed by atoms with Crippen LogP contribution in [-0.2, 0) is 12.0 Å². The lowest BCUT2D eigenvalue weighted by atomic mass is 9.94. The molecule has 2 aromatic heterocycles. The second-order valence-electron chi connectivity index (χ2n) is 10.1. The molecule has 1 aliphatic rings. The van der Waals surface area contributed by atoms with Crippen LogP contribution in [0.2, 0.25) is 0 Å². The Kier molecular flexibility index (Phi) is 6.86. The molecule has 37 heavy (non-hydrogen) atoms. The summed E-state index contributed by atoms with van der Waals surface area (Å²) in [5.41, 5.74) is 1.78. The van der Waals surface area contributed by atoms with E-state index in [9.17, 15) is 4.39 Å². The van der Waals surface area contributed by atoms with Crippen molar-refractivity contribution >= 4 is 11.2 Å². The summed E-state index contributed by atoms with van der Waals surface area (Å²) in [5.74, 6) is 2.23. The predicted molar refractivity (Wildman–Crippen MR) is 138 cm³/mol. The number of fused-ring (bicyclic) bond motifs is 1. The van der Waals surface area contributed by atoms with Crippen molar-refractivity contribution in [2.75, 3.05) is 13.7 Å². The first-order chi connectivity index (χ1) is 17.8. The Morgan fingerprint density at radius 2 is 1.95 bits per heavy atom. The number of hydrogen-bond donors (Lipinski definition) is 2. The number of ether oxygens (including phenoxy) is 3. The zero-order valence-electron chi connectivity index (χ0n) is 21.4. The topological polar surface area (TPSA) is 98.0 Å². The Morgan fingerprint density at radius 1 is 1.14 bits per heavy atom. The van der Waals surface area contributed by atoms with Crippen molar-refractivity contribution in [2.45, 2.75) is 57.6 Å². The van der Waals surface area contributed by atoms with Gasteiger partial charge in [-0.1, -0.05) is 12.1 Å². The van der Waals surface area contributed by atoms with Crippen LogP contribution in [0.15, 0.2) is 48.8 Å². The maximum atomic E-state index is 13.5. The van der Waals surface area contributed by atoms with Crippen LogP contribution in [-0.4, -0.2) is 39.3 Å². The summed E-state index contributed by atoms with van der Waals surface area (Å²) in [6.45, 7) is 4.75. The molecule has 1 saturated carbocycles. The van der Waals surface area contributed by atoms with Gasteiger partial charge >= 0.3 is 0 Å². The average molecular weight is 506 g/mol. The highest BCUT2D eigenvalue weighted by molar-refractivity contribution is 5.69. The Labute approximate surface area is 215 Å². The minimum atomic E-state index is -0.530. The van der Waals surface area contributed by atoms with Crippen molar-refractivity contribution in [1.29, 1.82) is 5.41 Å². The van der Waals surface area contributed by atoms with E-state index in [0.29, 0.717) is 35.0 Å². The molecule has 0 atom stereocenters. The average Bonchev–Trinajstić information content (AvgIpc) is 3.56. The highest BCUT2D eigenvalue weighted by Gasteiger charge is 2.27. The first-order valence-electron chi connectivity index (χ1n) is 12.5. The summed E-state index contributed by atoms with van der Waals surface area (Å²) in [6.07, 6.45) is 6.36. The number of nitrogens with zero attached hydrogens (tertiary/aromatic N) is 3. The third-order valence-corrected chi connectivity index (χ3v) is 6.73. The Balaban J connectivity index is 1.41. The van der Waals surface area contributed by atoms with Crippen molar-refractivity contribution in [3.05, 3.63) is 71.5 Å². The third kappa shape index (κ3) is 5.45. The minimum Gasteiger partial charge on any atom is -0.493 e. The highest BCUT2D eigenvalue weighted by Crippen LogP contribution is 2.33. The fraction of sp³-hybridized carbons (Fsp3) is 0.393. The van der Waals surface area contributed by atoms with E-state index < -0.39 is 5.41 Å². The number of methoxy groups -OCH3 is 1. The molecule has 2 heterocycles. The summed E-state index contributed by atoms with van der Waals surface area (Å²) < 4.78 is 33.1. The van der Waals surface area contributed by atoms with Crippen LogP contribution in [0.5, 0.6) is 17.2 Å². The molecule has 0 spiro atoms. The second kappa shape index (κ2) is 10.2. The van der Waals surface area contributed by atoms with Gasteiger partial charge in [0.2, 0.25) is 0 Å². The van der Waals surface area contributed by atoms with E-state index in [4.69, 9.17) is 24.6 Å². The SMILES string of the molecule is COc1ccc(Cn2cnc(=N)c3[nH]c(C(C)(C)COc4cccc(F)c4)nc32)cc1OC1CCCC1. The molecule has 5 rings (SSSR count). The lowest BCUT2D eigenvalue weighted by Gasteiger charge is -2.22. The predicted octanol–water partition coefficient (Wildman–Crippen LogP) is 5.11. The molecule has 4 aromatic rings. The molecule has 0 unspecified atom stereocenters. The number of halogens is 1. The molecular weight excluding hydrogens is 473 g/mol. The van der Waals surface area contributed by atoms with Crippen LogP contribution in [0.25, 0.3) is 11.2 Å². The first kappa shape index (κ1) is 24.8. The zero-order valence-corrected chi connectivity index (χ0v) is 21.4. The molecule has 8 nitrogen and oxygen atoms in total. The van der Waals surface area contributed by atoms with Gasteiger partial charge in [0, 0.05) is 6.07 Å². The number of nitrogens with one attached hydrogen (secondary N) is 2. The lowest BCUT2D eigenvalue weighted by Crippen LogP contribution is -2.27. The van der Waals surface area contributed by atoms with Gasteiger partial charge in [-0.2, -0.15) is 0 Å². The van der Waals surface area contributed by atoms with Crippen LogP contribution in [0.3, 0.4) is 0 Å². The number of H-pyrrole nitrogens is 1. The van der Waals surface area contributed by atoms with Gasteiger partial charge in [-0.05, 0) is 69.4 Å². The molecular formula is C28H32FN5O3. The number of imidazole rings is 1. The van der Waals surface area contributed by atoms with Crippen LogP contribution >= 0.6 is 0 Å². The van der Waals surface area contributed by atoms with Crippen molar-refractivity contribution < 1.29 is 18.6 Å². The van der Waals surface area contributed by atoms with Gasteiger partial charge in [-0.25, -0.2) is 14.4 Å². The number of rotatable bonds is 9. The van der Waals surface area contributed by atoms with E-state index >= 15 is 0 Å². The van der Waals surface area contributed by atoms with Gasteiger partial charge < -0.3 is 23.8 Å². The standard InChI is InChI=1S/C28H32FN5O3/c1-28(2,16-36-21-10-6-7-19(29)14-21)27-32-24-25(30)31-17-34(26(24)33-27)15-18-11-12-22(35-3)23(13-18)37-20-8-4-5-9-20/h6-7,10-14,17,20,30H,4-5,8-9,15-16H2,1-3H3,(H,32,33). The number of benzene rings is 2. The monoisotopic (exact) mass is 505 g/mol. The summed E-state index contributed by atoms with van der Waals surface area (Å²) in [5, 5.41) is 8.33. The van der Waals surface area contributed by atoms with Crippen molar-refractivity contribution in [3.63, 3.8) is 0 Å². The van der Waals surface area contributed by atoms with E-state index in [1.807, 2.05) is 36.6 Å². The molecule has 2 N–H and O–H groups in total. The molecule has 194 valence electrons. The van der Waals surface area contributed by atoms with Crippen LogP contribution in [0.1, 0.15) is 50.9 Å². The first-order valence-corrected chi connectivity index (χ1v) is 12.5. The fourth-order valence-corrected chi connectivity index (χ4v) is 4.60. The molecule has 2 aromatic carbocycles. The van der Waals surface area contributed by atoms with Gasteiger partial charge in [0.15, 0.2) is 22.6 Å². The minimum absolute atomic E-state index is 0.117. The number of aromatic amines is 1. The highest BCUT2D eigenvalue weighted by atomic mass is 19.1. The van der Waals surface area contributed by atoms with Crippen LogP contribution < -0.4 is 19.7 Å². The van der Waals surface area contributed by atoms with E-state index in [1.54, 1.807) is 25.6 Å². The summed E-state index contributed by atoms with van der Waals surface area (Å²) in [6, 6.07) is 12.0. The molecule has 0 saturated heterocycles. The Morgan fingerprint density at radius 3 is 2.70 bits per heavy atom. The maximum Gasteiger partial charge on any atom is 0.173 e. The second-order valence-corrected chi connectivity index (χ2v) is 10.1. The van der Waals surface area contributed by atoms with E-state index in [1.165, 1.54) is 25.0 Å². The van der Waals surface area contributed by atoms with Crippen molar-refractivity contribution in [3.8, 4) is 17.2 Å². The Hall–Kier alpha value is -3.88. The van der Waals surface area contributed by atoms with E-state index in [-0.39, 0.29) is 24.0 Å². The molecule has 9 heteroatoms. The van der Waals surface area contributed by atoms with Gasteiger partial charge in [-0.3, -0.25) is 5.41 Å². The molecule has 0 radical (unpaired) electrons.